The van der Waals surface area contributed by atoms with Gasteiger partial charge < -0.3 is 0 Å². The van der Waals surface area contributed by atoms with E-state index in [1.165, 1.54) is 5.56 Å². The average Bonchev–Trinajstić information content (AvgIpc) is 2.84. The van der Waals surface area contributed by atoms with Crippen LogP contribution in [0.5, 0.6) is 0 Å². The molecule has 2 heterocycles. The van der Waals surface area contributed by atoms with E-state index >= 15 is 0 Å². The third kappa shape index (κ3) is 2.77. The standard InChI is InChI=1S/C17H16N4/c1-13-11-15-17(19-12-13)21(10-9-18)16(20-15)8-7-14-5-3-2-4-6-14/h2-6,11-12H,7-8,10H2,1H3. The summed E-state index contributed by atoms with van der Waals surface area (Å²) in [4.78, 5) is 9.08. The highest BCUT2D eigenvalue weighted by Crippen LogP contribution is 2.16. The summed E-state index contributed by atoms with van der Waals surface area (Å²) < 4.78 is 1.91. The third-order valence-electron chi connectivity index (χ3n) is 3.51. The molecular weight excluding hydrogens is 260 g/mol. The molecule has 2 aromatic heterocycles. The third-order valence-corrected chi connectivity index (χ3v) is 3.51. The molecule has 4 nitrogen and oxygen atoms in total. The molecule has 0 aliphatic rings. The SMILES string of the molecule is Cc1cnc2c(c1)nc(CCc1ccccc1)n2CC#N. The number of imidazole rings is 1. The lowest BCUT2D eigenvalue weighted by Gasteiger charge is -2.04. The number of pyridine rings is 1. The summed E-state index contributed by atoms with van der Waals surface area (Å²) in [7, 11) is 0. The minimum atomic E-state index is 0.288. The number of hydrogen-bond donors (Lipinski definition) is 0. The van der Waals surface area contributed by atoms with E-state index in [0.29, 0.717) is 0 Å². The summed E-state index contributed by atoms with van der Waals surface area (Å²) in [6.45, 7) is 2.29. The van der Waals surface area contributed by atoms with Crippen LogP contribution in [0.2, 0.25) is 0 Å². The minimum absolute atomic E-state index is 0.288. The average molecular weight is 276 g/mol. The van der Waals surface area contributed by atoms with Crippen LogP contribution in [-0.2, 0) is 19.4 Å². The van der Waals surface area contributed by atoms with Crippen LogP contribution in [0, 0.1) is 18.3 Å². The fraction of sp³-hybridized carbons (Fsp3) is 0.235. The largest absolute Gasteiger partial charge is 0.299 e. The number of nitriles is 1. The second-order valence-electron chi connectivity index (χ2n) is 5.11. The molecule has 0 aliphatic heterocycles. The van der Waals surface area contributed by atoms with E-state index in [1.54, 1.807) is 0 Å². The van der Waals surface area contributed by atoms with Gasteiger partial charge in [-0.3, -0.25) is 4.57 Å². The molecule has 1 aromatic carbocycles. The second kappa shape index (κ2) is 5.76. The van der Waals surface area contributed by atoms with Crippen molar-refractivity contribution in [2.75, 3.05) is 0 Å². The van der Waals surface area contributed by atoms with Crippen molar-refractivity contribution in [2.24, 2.45) is 0 Å². The van der Waals surface area contributed by atoms with E-state index < -0.39 is 0 Å². The number of aromatic nitrogens is 3. The zero-order chi connectivity index (χ0) is 14.7. The van der Waals surface area contributed by atoms with Gasteiger partial charge >= 0.3 is 0 Å². The molecule has 0 fully saturated rings. The Morgan fingerprint density at radius 3 is 2.76 bits per heavy atom. The fourth-order valence-corrected chi connectivity index (χ4v) is 2.49. The summed E-state index contributed by atoms with van der Waals surface area (Å²) in [5, 5.41) is 9.04. The number of fused-ring (bicyclic) bond motifs is 1. The molecule has 3 aromatic rings. The van der Waals surface area contributed by atoms with E-state index in [0.717, 1.165) is 35.4 Å². The maximum absolute atomic E-state index is 9.04. The van der Waals surface area contributed by atoms with Crippen LogP contribution < -0.4 is 0 Å². The van der Waals surface area contributed by atoms with E-state index in [4.69, 9.17) is 5.26 Å². The van der Waals surface area contributed by atoms with Crippen molar-refractivity contribution in [2.45, 2.75) is 26.3 Å². The molecule has 0 radical (unpaired) electrons. The Bertz CT molecular complexity index is 797. The van der Waals surface area contributed by atoms with Crippen LogP contribution in [0.3, 0.4) is 0 Å². The van der Waals surface area contributed by atoms with Crippen LogP contribution in [0.25, 0.3) is 11.2 Å². The Kier molecular flexibility index (Phi) is 3.65. The van der Waals surface area contributed by atoms with E-state index in [2.05, 4.69) is 28.2 Å². The van der Waals surface area contributed by atoms with Gasteiger partial charge in [-0.1, -0.05) is 30.3 Å². The quantitative estimate of drug-likeness (QED) is 0.736. The zero-order valence-corrected chi connectivity index (χ0v) is 12.0. The van der Waals surface area contributed by atoms with Crippen molar-refractivity contribution in [3.8, 4) is 6.07 Å². The van der Waals surface area contributed by atoms with Crippen molar-refractivity contribution in [1.29, 1.82) is 5.26 Å². The van der Waals surface area contributed by atoms with Crippen molar-refractivity contribution in [3.63, 3.8) is 0 Å². The lowest BCUT2D eigenvalue weighted by Crippen LogP contribution is -2.05. The predicted octanol–water partition coefficient (Wildman–Crippen LogP) is 3.05. The molecule has 104 valence electrons. The van der Waals surface area contributed by atoms with E-state index in [-0.39, 0.29) is 6.54 Å². The molecule has 0 aliphatic carbocycles. The Morgan fingerprint density at radius 1 is 1.19 bits per heavy atom. The maximum Gasteiger partial charge on any atom is 0.160 e. The van der Waals surface area contributed by atoms with Gasteiger partial charge in [0.1, 0.15) is 17.9 Å². The van der Waals surface area contributed by atoms with Gasteiger partial charge in [0.2, 0.25) is 0 Å². The number of aryl methyl sites for hydroxylation is 3. The van der Waals surface area contributed by atoms with Crippen LogP contribution in [0.15, 0.2) is 42.6 Å². The highest BCUT2D eigenvalue weighted by molar-refractivity contribution is 5.72. The second-order valence-corrected chi connectivity index (χ2v) is 5.11. The summed E-state index contributed by atoms with van der Waals surface area (Å²) in [6, 6.07) is 14.5. The van der Waals surface area contributed by atoms with Gasteiger partial charge in [0.05, 0.1) is 6.07 Å². The van der Waals surface area contributed by atoms with Gasteiger partial charge in [0.15, 0.2) is 5.65 Å². The maximum atomic E-state index is 9.04. The minimum Gasteiger partial charge on any atom is -0.299 e. The normalized spacial score (nSPS) is 10.7. The molecule has 0 bridgehead atoms. The van der Waals surface area contributed by atoms with Gasteiger partial charge in [0, 0.05) is 12.6 Å². The Hall–Kier alpha value is -2.67. The molecule has 0 amide bonds. The monoisotopic (exact) mass is 276 g/mol. The van der Waals surface area contributed by atoms with Gasteiger partial charge in [-0.2, -0.15) is 5.26 Å². The summed E-state index contributed by atoms with van der Waals surface area (Å²) >= 11 is 0. The Balaban J connectivity index is 1.93. The zero-order valence-electron chi connectivity index (χ0n) is 12.0. The first-order valence-electron chi connectivity index (χ1n) is 7.00. The summed E-state index contributed by atoms with van der Waals surface area (Å²) in [6.07, 6.45) is 3.54. The number of nitrogens with zero attached hydrogens (tertiary/aromatic N) is 4. The smallest absolute Gasteiger partial charge is 0.160 e. The lowest BCUT2D eigenvalue weighted by atomic mass is 10.1. The molecule has 3 rings (SSSR count). The molecular formula is C17H16N4. The predicted molar refractivity (Wildman–Crippen MR) is 81.7 cm³/mol. The number of rotatable bonds is 4. The lowest BCUT2D eigenvalue weighted by molar-refractivity contribution is 0.742. The van der Waals surface area contributed by atoms with Crippen LogP contribution >= 0.6 is 0 Å². The van der Waals surface area contributed by atoms with Crippen molar-refractivity contribution in [1.82, 2.24) is 14.5 Å². The van der Waals surface area contributed by atoms with Gasteiger partial charge in [0.25, 0.3) is 0 Å². The summed E-state index contributed by atoms with van der Waals surface area (Å²) in [5.41, 5.74) is 4.02. The van der Waals surface area contributed by atoms with Gasteiger partial charge in [-0.15, -0.1) is 0 Å². The molecule has 0 unspecified atom stereocenters. The van der Waals surface area contributed by atoms with Gasteiger partial charge in [-0.25, -0.2) is 9.97 Å². The fourth-order valence-electron chi connectivity index (χ4n) is 2.49. The first kappa shape index (κ1) is 13.3. The van der Waals surface area contributed by atoms with Crippen molar-refractivity contribution >= 4 is 11.2 Å². The van der Waals surface area contributed by atoms with Crippen LogP contribution in [0.4, 0.5) is 0 Å². The van der Waals surface area contributed by atoms with Crippen molar-refractivity contribution < 1.29 is 0 Å². The topological polar surface area (TPSA) is 54.5 Å². The number of benzene rings is 1. The molecule has 0 saturated carbocycles. The summed E-state index contributed by atoms with van der Waals surface area (Å²) in [5.74, 6) is 0.925. The van der Waals surface area contributed by atoms with Crippen molar-refractivity contribution in [3.05, 3.63) is 59.5 Å². The van der Waals surface area contributed by atoms with E-state index in [1.807, 2.05) is 42.0 Å². The highest BCUT2D eigenvalue weighted by atomic mass is 15.1. The first-order chi connectivity index (χ1) is 10.3. The van der Waals surface area contributed by atoms with Crippen LogP contribution in [-0.4, -0.2) is 14.5 Å². The van der Waals surface area contributed by atoms with Gasteiger partial charge in [-0.05, 0) is 30.5 Å². The first-order valence-corrected chi connectivity index (χ1v) is 7.00. The molecule has 0 saturated heterocycles. The highest BCUT2D eigenvalue weighted by Gasteiger charge is 2.11. The van der Waals surface area contributed by atoms with Crippen LogP contribution in [0.1, 0.15) is 17.0 Å². The number of hydrogen-bond acceptors (Lipinski definition) is 3. The molecule has 0 atom stereocenters. The molecule has 0 N–H and O–H groups in total. The molecule has 0 spiro atoms. The molecule has 21 heavy (non-hydrogen) atoms. The Morgan fingerprint density at radius 2 is 2.00 bits per heavy atom. The molecule has 4 heteroatoms. The van der Waals surface area contributed by atoms with E-state index in [9.17, 15) is 0 Å². The Labute approximate surface area is 123 Å².